The van der Waals surface area contributed by atoms with Gasteiger partial charge in [-0.05, 0) is 41.8 Å². The van der Waals surface area contributed by atoms with Gasteiger partial charge in [-0.25, -0.2) is 9.78 Å². The second-order valence-corrected chi connectivity index (χ2v) is 7.55. The van der Waals surface area contributed by atoms with Crippen LogP contribution in [0.25, 0.3) is 33.3 Å². The molecule has 34 heavy (non-hydrogen) atoms. The molecule has 0 radical (unpaired) electrons. The first kappa shape index (κ1) is 21.2. The fourth-order valence-corrected chi connectivity index (χ4v) is 3.78. The molecule has 5 rings (SSSR count). The van der Waals surface area contributed by atoms with E-state index >= 15 is 0 Å². The molecular formula is C27H20N2O5. The second-order valence-electron chi connectivity index (χ2n) is 7.55. The fourth-order valence-electron chi connectivity index (χ4n) is 3.78. The molecule has 1 heterocycles. The minimum atomic E-state index is -0.616. The predicted molar refractivity (Wildman–Crippen MR) is 129 cm³/mol. The molecule has 0 atom stereocenters. The summed E-state index contributed by atoms with van der Waals surface area (Å²) in [6.07, 6.45) is 0. The normalized spacial score (nSPS) is 10.9. The number of aromatic nitrogens is 1. The van der Waals surface area contributed by atoms with Gasteiger partial charge in [0.15, 0.2) is 12.2 Å². The van der Waals surface area contributed by atoms with Gasteiger partial charge in [0, 0.05) is 22.7 Å². The SMILES string of the molecule is COc1cccc(NC(=O)COC(=O)c2cccc3cccc(-c4nc5ccccc5o4)c23)c1. The second kappa shape index (κ2) is 9.07. The van der Waals surface area contributed by atoms with Gasteiger partial charge in [0.1, 0.15) is 11.3 Å². The van der Waals surface area contributed by atoms with Crippen molar-refractivity contribution in [3.05, 3.63) is 90.5 Å². The lowest BCUT2D eigenvalue weighted by Crippen LogP contribution is -2.21. The van der Waals surface area contributed by atoms with E-state index < -0.39 is 18.5 Å². The molecule has 0 unspecified atom stereocenters. The van der Waals surface area contributed by atoms with Crippen molar-refractivity contribution in [2.75, 3.05) is 19.0 Å². The number of anilines is 1. The smallest absolute Gasteiger partial charge is 0.339 e. The average Bonchev–Trinajstić information content (AvgIpc) is 3.31. The van der Waals surface area contributed by atoms with Gasteiger partial charge >= 0.3 is 5.97 Å². The first-order chi connectivity index (χ1) is 16.6. The van der Waals surface area contributed by atoms with Gasteiger partial charge in [-0.15, -0.1) is 0 Å². The van der Waals surface area contributed by atoms with Gasteiger partial charge in [0.25, 0.3) is 5.91 Å². The van der Waals surface area contributed by atoms with Crippen molar-refractivity contribution in [2.24, 2.45) is 0 Å². The Kier molecular flexibility index (Phi) is 5.66. The van der Waals surface area contributed by atoms with Gasteiger partial charge in [0.05, 0.1) is 12.7 Å². The van der Waals surface area contributed by atoms with Crippen LogP contribution in [0.4, 0.5) is 5.69 Å². The van der Waals surface area contributed by atoms with Crippen molar-refractivity contribution in [2.45, 2.75) is 0 Å². The summed E-state index contributed by atoms with van der Waals surface area (Å²) in [6, 6.07) is 25.3. The number of carbonyl (C=O) groups excluding carboxylic acids is 2. The molecular weight excluding hydrogens is 432 g/mol. The van der Waals surface area contributed by atoms with Crippen LogP contribution in [-0.4, -0.2) is 30.6 Å². The zero-order chi connectivity index (χ0) is 23.5. The quantitative estimate of drug-likeness (QED) is 0.345. The number of hydrogen-bond donors (Lipinski definition) is 1. The Morgan fingerprint density at radius 2 is 1.74 bits per heavy atom. The van der Waals surface area contributed by atoms with Crippen LogP contribution in [0.5, 0.6) is 5.75 Å². The van der Waals surface area contributed by atoms with Crippen molar-refractivity contribution in [3.63, 3.8) is 0 Å². The maximum atomic E-state index is 13.0. The lowest BCUT2D eigenvalue weighted by atomic mass is 9.99. The molecule has 0 spiro atoms. The topological polar surface area (TPSA) is 90.7 Å². The molecule has 7 heteroatoms. The zero-order valence-corrected chi connectivity index (χ0v) is 18.3. The van der Waals surface area contributed by atoms with E-state index in [1.807, 2.05) is 48.5 Å². The third-order valence-electron chi connectivity index (χ3n) is 5.34. The van der Waals surface area contributed by atoms with Crippen LogP contribution in [-0.2, 0) is 9.53 Å². The molecule has 4 aromatic carbocycles. The van der Waals surface area contributed by atoms with Crippen molar-refractivity contribution >= 4 is 39.4 Å². The number of esters is 1. The lowest BCUT2D eigenvalue weighted by molar-refractivity contribution is -0.119. The number of ether oxygens (including phenoxy) is 2. The molecule has 5 aromatic rings. The van der Waals surface area contributed by atoms with E-state index in [1.54, 1.807) is 43.5 Å². The van der Waals surface area contributed by atoms with E-state index in [1.165, 1.54) is 0 Å². The molecule has 0 saturated heterocycles. The molecule has 7 nitrogen and oxygen atoms in total. The Bertz CT molecular complexity index is 1480. The third-order valence-corrected chi connectivity index (χ3v) is 5.34. The molecule has 1 aromatic heterocycles. The summed E-state index contributed by atoms with van der Waals surface area (Å²) in [5.74, 6) is -0.0592. The molecule has 1 amide bonds. The van der Waals surface area contributed by atoms with Crippen LogP contribution in [0.2, 0.25) is 0 Å². The highest BCUT2D eigenvalue weighted by atomic mass is 16.5. The Morgan fingerprint density at radius 1 is 0.941 bits per heavy atom. The highest BCUT2D eigenvalue weighted by Gasteiger charge is 2.19. The number of nitrogens with zero attached hydrogens (tertiary/aromatic N) is 1. The molecule has 0 aliphatic heterocycles. The average molecular weight is 452 g/mol. The number of oxazole rings is 1. The Labute approximate surface area is 194 Å². The Hall–Kier alpha value is -4.65. The summed E-state index contributed by atoms with van der Waals surface area (Å²) >= 11 is 0. The van der Waals surface area contributed by atoms with Crippen LogP contribution in [0.3, 0.4) is 0 Å². The van der Waals surface area contributed by atoms with Crippen LogP contribution in [0.15, 0.2) is 89.3 Å². The molecule has 168 valence electrons. The predicted octanol–water partition coefficient (Wildman–Crippen LogP) is 5.45. The number of benzene rings is 4. The van der Waals surface area contributed by atoms with Crippen molar-refractivity contribution in [1.29, 1.82) is 0 Å². The monoisotopic (exact) mass is 452 g/mol. The van der Waals surface area contributed by atoms with E-state index in [2.05, 4.69) is 10.3 Å². The van der Waals surface area contributed by atoms with E-state index in [9.17, 15) is 9.59 Å². The Morgan fingerprint density at radius 3 is 2.56 bits per heavy atom. The van der Waals surface area contributed by atoms with E-state index in [4.69, 9.17) is 13.9 Å². The molecule has 0 aliphatic carbocycles. The third kappa shape index (κ3) is 4.19. The maximum Gasteiger partial charge on any atom is 0.339 e. The van der Waals surface area contributed by atoms with Gasteiger partial charge in [-0.2, -0.15) is 0 Å². The van der Waals surface area contributed by atoms with E-state index in [-0.39, 0.29) is 0 Å². The number of carbonyl (C=O) groups is 2. The van der Waals surface area contributed by atoms with Crippen molar-refractivity contribution in [1.82, 2.24) is 4.98 Å². The zero-order valence-electron chi connectivity index (χ0n) is 18.3. The number of nitrogens with one attached hydrogen (secondary N) is 1. The maximum absolute atomic E-state index is 13.0. The number of fused-ring (bicyclic) bond motifs is 2. The highest BCUT2D eigenvalue weighted by molar-refractivity contribution is 6.10. The summed E-state index contributed by atoms with van der Waals surface area (Å²) in [4.78, 5) is 29.9. The van der Waals surface area contributed by atoms with Crippen LogP contribution in [0.1, 0.15) is 10.4 Å². The number of para-hydroxylation sites is 2. The number of hydrogen-bond acceptors (Lipinski definition) is 6. The first-order valence-electron chi connectivity index (χ1n) is 10.6. The van der Waals surface area contributed by atoms with Crippen LogP contribution >= 0.6 is 0 Å². The highest BCUT2D eigenvalue weighted by Crippen LogP contribution is 2.33. The minimum Gasteiger partial charge on any atom is -0.497 e. The first-order valence-corrected chi connectivity index (χ1v) is 10.6. The number of amides is 1. The molecule has 0 aliphatic rings. The number of rotatable bonds is 6. The molecule has 0 saturated carbocycles. The minimum absolute atomic E-state index is 0.324. The van der Waals surface area contributed by atoms with Crippen molar-refractivity contribution < 1.29 is 23.5 Å². The van der Waals surface area contributed by atoms with Gasteiger partial charge in [-0.3, -0.25) is 4.79 Å². The lowest BCUT2D eigenvalue weighted by Gasteiger charge is -2.11. The van der Waals surface area contributed by atoms with Gasteiger partial charge in [0.2, 0.25) is 5.89 Å². The van der Waals surface area contributed by atoms with Gasteiger partial charge < -0.3 is 19.2 Å². The summed E-state index contributed by atoms with van der Waals surface area (Å²) in [7, 11) is 1.54. The van der Waals surface area contributed by atoms with Gasteiger partial charge in [-0.1, -0.05) is 42.5 Å². The summed E-state index contributed by atoms with van der Waals surface area (Å²) in [5, 5.41) is 4.17. The molecule has 0 fully saturated rings. The van der Waals surface area contributed by atoms with Crippen LogP contribution in [0, 0.1) is 0 Å². The van der Waals surface area contributed by atoms with E-state index in [0.29, 0.717) is 39.4 Å². The molecule has 1 N–H and O–H groups in total. The summed E-state index contributed by atoms with van der Waals surface area (Å²) in [5.41, 5.74) is 2.92. The van der Waals surface area contributed by atoms with Crippen LogP contribution < -0.4 is 10.1 Å². The van der Waals surface area contributed by atoms with E-state index in [0.717, 1.165) is 10.9 Å². The Balaban J connectivity index is 1.41. The molecule has 0 bridgehead atoms. The summed E-state index contributed by atoms with van der Waals surface area (Å²) in [6.45, 7) is -0.433. The summed E-state index contributed by atoms with van der Waals surface area (Å²) < 4.78 is 16.4. The fraction of sp³-hybridized carbons (Fsp3) is 0.0741. The standard InChI is InChI=1S/C27H20N2O5/c1-32-19-10-6-9-18(15-19)28-24(30)16-33-27(31)21-12-5-8-17-7-4-11-20(25(17)21)26-29-22-13-2-3-14-23(22)34-26/h2-15H,16H2,1H3,(H,28,30). The largest absolute Gasteiger partial charge is 0.497 e. The van der Waals surface area contributed by atoms with Crippen molar-refractivity contribution in [3.8, 4) is 17.2 Å². The number of methoxy groups -OCH3 is 1.